The summed E-state index contributed by atoms with van der Waals surface area (Å²) in [7, 11) is 0. The summed E-state index contributed by atoms with van der Waals surface area (Å²) in [5.41, 5.74) is 0.803. The molecule has 0 saturated carbocycles. The Hall–Kier alpha value is -0.710. The van der Waals surface area contributed by atoms with Crippen molar-refractivity contribution in [2.75, 3.05) is 0 Å². The summed E-state index contributed by atoms with van der Waals surface area (Å²) in [5.74, 6) is 0. The van der Waals surface area contributed by atoms with Gasteiger partial charge in [-0.1, -0.05) is 18.5 Å². The van der Waals surface area contributed by atoms with Crippen LogP contribution in [0.3, 0.4) is 0 Å². The quantitative estimate of drug-likeness (QED) is 0.804. The highest BCUT2D eigenvalue weighted by molar-refractivity contribution is 7.19. The van der Waals surface area contributed by atoms with Gasteiger partial charge in [0.05, 0.1) is 16.3 Å². The fraction of sp³-hybridized carbons (Fsp3) is 0.333. The molecule has 0 amide bonds. The van der Waals surface area contributed by atoms with Crippen molar-refractivity contribution in [1.82, 2.24) is 9.97 Å². The second kappa shape index (κ2) is 3.81. The van der Waals surface area contributed by atoms with Gasteiger partial charge in [0.1, 0.15) is 11.5 Å². The molecule has 1 N–H and O–H groups in total. The summed E-state index contributed by atoms with van der Waals surface area (Å²) in [5, 5.41) is 10.1. The Morgan fingerprint density at radius 1 is 1.57 bits per heavy atom. The summed E-state index contributed by atoms with van der Waals surface area (Å²) < 4.78 is 0.844. The second-order valence-corrected chi connectivity index (χ2v) is 4.39. The molecule has 2 aromatic rings. The number of thiophene rings is 1. The van der Waals surface area contributed by atoms with Crippen LogP contribution in [0, 0.1) is 0 Å². The molecule has 0 bridgehead atoms. The molecule has 0 aliphatic rings. The van der Waals surface area contributed by atoms with Gasteiger partial charge in [-0.3, -0.25) is 0 Å². The highest BCUT2D eigenvalue weighted by Gasteiger charge is 2.12. The van der Waals surface area contributed by atoms with E-state index in [1.807, 2.05) is 13.0 Å². The predicted octanol–water partition coefficient (Wildman–Crippen LogP) is 2.79. The third-order valence-electron chi connectivity index (χ3n) is 2.00. The first kappa shape index (κ1) is 9.83. The zero-order chi connectivity index (χ0) is 10.1. The van der Waals surface area contributed by atoms with E-state index in [1.54, 1.807) is 0 Å². The standard InChI is InChI=1S/C9H9ClN2OS/c1-2-6(13)7-3-5-8(14-7)9(10)12-4-11-5/h3-4,6,13H,2H2,1H3/t6-/m0/s1. The van der Waals surface area contributed by atoms with Crippen LogP contribution in [0.25, 0.3) is 10.2 Å². The SMILES string of the molecule is CC[C@H](O)c1cc2ncnc(Cl)c2s1. The Labute approximate surface area is 90.4 Å². The number of fused-ring (bicyclic) bond motifs is 1. The molecule has 74 valence electrons. The second-order valence-electron chi connectivity index (χ2n) is 2.95. The van der Waals surface area contributed by atoms with E-state index in [9.17, 15) is 5.11 Å². The van der Waals surface area contributed by atoms with Crippen molar-refractivity contribution in [3.05, 3.63) is 22.4 Å². The maximum Gasteiger partial charge on any atom is 0.150 e. The average Bonchev–Trinajstić information content (AvgIpc) is 2.62. The van der Waals surface area contributed by atoms with Crippen LogP contribution in [0.15, 0.2) is 12.4 Å². The van der Waals surface area contributed by atoms with Gasteiger partial charge >= 0.3 is 0 Å². The van der Waals surface area contributed by atoms with Crippen LogP contribution in [0.4, 0.5) is 0 Å². The van der Waals surface area contributed by atoms with Crippen LogP contribution in [0.5, 0.6) is 0 Å². The lowest BCUT2D eigenvalue weighted by molar-refractivity contribution is 0.177. The first-order chi connectivity index (χ1) is 6.72. The Morgan fingerprint density at radius 3 is 3.00 bits per heavy atom. The van der Waals surface area contributed by atoms with Crippen molar-refractivity contribution in [2.24, 2.45) is 0 Å². The molecule has 3 nitrogen and oxygen atoms in total. The number of hydrogen-bond acceptors (Lipinski definition) is 4. The fourth-order valence-electron chi connectivity index (χ4n) is 1.21. The molecule has 1 atom stereocenters. The van der Waals surface area contributed by atoms with E-state index >= 15 is 0 Å². The molecule has 2 heterocycles. The number of rotatable bonds is 2. The number of aliphatic hydroxyl groups excluding tert-OH is 1. The van der Waals surface area contributed by atoms with Crippen LogP contribution in [-0.2, 0) is 0 Å². The molecule has 0 spiro atoms. The van der Waals surface area contributed by atoms with E-state index in [0.29, 0.717) is 11.6 Å². The van der Waals surface area contributed by atoms with Crippen LogP contribution in [0.1, 0.15) is 24.3 Å². The molecule has 0 saturated heterocycles. The van der Waals surface area contributed by atoms with E-state index in [0.717, 1.165) is 15.1 Å². The van der Waals surface area contributed by atoms with Crippen LogP contribution in [-0.4, -0.2) is 15.1 Å². The summed E-state index contributed by atoms with van der Waals surface area (Å²) in [4.78, 5) is 8.87. The lowest BCUT2D eigenvalue weighted by Crippen LogP contribution is -1.89. The van der Waals surface area contributed by atoms with Gasteiger partial charge in [0, 0.05) is 4.88 Å². The minimum atomic E-state index is -0.426. The molecule has 14 heavy (non-hydrogen) atoms. The van der Waals surface area contributed by atoms with Crippen molar-refractivity contribution in [2.45, 2.75) is 19.4 Å². The molecule has 0 aliphatic heterocycles. The minimum Gasteiger partial charge on any atom is -0.388 e. The Kier molecular flexibility index (Phi) is 2.67. The van der Waals surface area contributed by atoms with Crippen LogP contribution < -0.4 is 0 Å². The summed E-state index contributed by atoms with van der Waals surface area (Å²) in [6.45, 7) is 1.93. The first-order valence-corrected chi connectivity index (χ1v) is 5.49. The summed E-state index contributed by atoms with van der Waals surface area (Å²) in [6, 6.07) is 1.86. The van der Waals surface area contributed by atoms with Gasteiger partial charge in [0.25, 0.3) is 0 Å². The number of halogens is 1. The van der Waals surface area contributed by atoms with E-state index < -0.39 is 6.10 Å². The molecule has 0 radical (unpaired) electrons. The lowest BCUT2D eigenvalue weighted by Gasteiger charge is -2.01. The van der Waals surface area contributed by atoms with Gasteiger partial charge in [-0.25, -0.2) is 9.97 Å². The van der Waals surface area contributed by atoms with Crippen molar-refractivity contribution < 1.29 is 5.11 Å². The van der Waals surface area contributed by atoms with E-state index in [4.69, 9.17) is 11.6 Å². The first-order valence-electron chi connectivity index (χ1n) is 4.30. The van der Waals surface area contributed by atoms with Gasteiger partial charge < -0.3 is 5.11 Å². The largest absolute Gasteiger partial charge is 0.388 e. The van der Waals surface area contributed by atoms with Crippen LogP contribution in [0.2, 0.25) is 5.15 Å². The molecule has 2 aromatic heterocycles. The van der Waals surface area contributed by atoms with Gasteiger partial charge in [-0.05, 0) is 12.5 Å². The lowest BCUT2D eigenvalue weighted by atomic mass is 10.2. The molecule has 5 heteroatoms. The zero-order valence-electron chi connectivity index (χ0n) is 7.57. The maximum atomic E-state index is 9.64. The third-order valence-corrected chi connectivity index (χ3v) is 3.63. The van der Waals surface area contributed by atoms with Crippen molar-refractivity contribution in [3.63, 3.8) is 0 Å². The number of aromatic nitrogens is 2. The van der Waals surface area contributed by atoms with Gasteiger partial charge in [-0.2, -0.15) is 0 Å². The minimum absolute atomic E-state index is 0.426. The van der Waals surface area contributed by atoms with E-state index in [1.165, 1.54) is 17.7 Å². The van der Waals surface area contributed by atoms with Crippen molar-refractivity contribution in [1.29, 1.82) is 0 Å². The van der Waals surface area contributed by atoms with Crippen molar-refractivity contribution in [3.8, 4) is 0 Å². The smallest absolute Gasteiger partial charge is 0.150 e. The Balaban J connectivity index is 2.56. The highest BCUT2D eigenvalue weighted by atomic mass is 35.5. The molecule has 0 fully saturated rings. The van der Waals surface area contributed by atoms with Crippen LogP contribution >= 0.6 is 22.9 Å². The Bertz CT molecular complexity index is 457. The van der Waals surface area contributed by atoms with Gasteiger partial charge in [-0.15, -0.1) is 11.3 Å². The topological polar surface area (TPSA) is 46.0 Å². The third kappa shape index (κ3) is 1.61. The monoisotopic (exact) mass is 228 g/mol. The fourth-order valence-corrected chi connectivity index (χ4v) is 2.53. The summed E-state index contributed by atoms with van der Waals surface area (Å²) >= 11 is 7.35. The molecule has 0 unspecified atom stereocenters. The number of aliphatic hydroxyl groups is 1. The van der Waals surface area contributed by atoms with Gasteiger partial charge in [0.15, 0.2) is 0 Å². The Morgan fingerprint density at radius 2 is 2.36 bits per heavy atom. The van der Waals surface area contributed by atoms with Crippen molar-refractivity contribution >= 4 is 33.2 Å². The highest BCUT2D eigenvalue weighted by Crippen LogP contribution is 2.33. The molecule has 0 aliphatic carbocycles. The summed E-state index contributed by atoms with van der Waals surface area (Å²) in [6.07, 6.45) is 1.70. The maximum absolute atomic E-state index is 9.64. The molecule has 2 rings (SSSR count). The van der Waals surface area contributed by atoms with Gasteiger partial charge in [0.2, 0.25) is 0 Å². The van der Waals surface area contributed by atoms with E-state index in [2.05, 4.69) is 9.97 Å². The zero-order valence-corrected chi connectivity index (χ0v) is 9.14. The number of nitrogens with zero attached hydrogens (tertiary/aromatic N) is 2. The number of hydrogen-bond donors (Lipinski definition) is 1. The molecular weight excluding hydrogens is 220 g/mol. The predicted molar refractivity (Wildman–Crippen MR) is 57.7 cm³/mol. The van der Waals surface area contributed by atoms with E-state index in [-0.39, 0.29) is 0 Å². The normalized spacial score (nSPS) is 13.4. The molecule has 0 aromatic carbocycles. The average molecular weight is 229 g/mol. The molecular formula is C9H9ClN2OS.